The molecule has 2 aromatic carbocycles. The highest BCUT2D eigenvalue weighted by Gasteiger charge is 2.03. The Morgan fingerprint density at radius 1 is 0.692 bits per heavy atom. The molecule has 148 valence electrons. The number of hydrogen-bond donors (Lipinski definition) is 6. The minimum atomic E-state index is -1.28. The Morgan fingerprint density at radius 3 is 1.15 bits per heavy atom. The van der Waals surface area contributed by atoms with Gasteiger partial charge in [-0.2, -0.15) is 0 Å². The molecule has 0 aliphatic carbocycles. The maximum Gasteiger partial charge on any atom is 0.335 e. The van der Waals surface area contributed by atoms with Gasteiger partial charge in [-0.25, -0.2) is 9.59 Å². The van der Waals surface area contributed by atoms with E-state index in [9.17, 15) is 19.8 Å². The topological polar surface area (TPSA) is 297 Å². The van der Waals surface area contributed by atoms with E-state index in [1.807, 2.05) is 0 Å². The van der Waals surface area contributed by atoms with Crippen LogP contribution in [0.4, 0.5) is 0 Å². The summed E-state index contributed by atoms with van der Waals surface area (Å²) >= 11 is 0. The Hall–Kier alpha value is -3.58. The molecule has 12 nitrogen and oxygen atoms in total. The molecule has 16 N–H and O–H groups in total. The summed E-state index contributed by atoms with van der Waals surface area (Å²) in [6, 6.07) is 6.18. The Kier molecular flexibility index (Phi) is 14.9. The number of phenols is 2. The molecule has 0 aliphatic rings. The molecule has 0 heterocycles. The van der Waals surface area contributed by atoms with Crippen LogP contribution in [-0.4, -0.2) is 43.3 Å². The van der Waals surface area contributed by atoms with E-state index in [0.29, 0.717) is 0 Å². The molecule has 0 aliphatic heterocycles. The summed E-state index contributed by atoms with van der Waals surface area (Å²) < 4.78 is 0. The number of carbonyl (C=O) groups is 2. The van der Waals surface area contributed by atoms with Crippen LogP contribution in [0.15, 0.2) is 36.4 Å². The highest BCUT2D eigenvalue weighted by Crippen LogP contribution is 2.20. The molecule has 0 atom stereocenters. The van der Waals surface area contributed by atoms with Crippen molar-refractivity contribution < 1.29 is 51.2 Å². The van der Waals surface area contributed by atoms with Crippen LogP contribution in [0.3, 0.4) is 0 Å². The van der Waals surface area contributed by atoms with Gasteiger partial charge in [0.2, 0.25) is 0 Å². The molecule has 0 amide bonds. The normalized spacial score (nSPS) is 8.00. The third-order valence-electron chi connectivity index (χ3n) is 2.39. The Labute approximate surface area is 147 Å². The SMILES string of the molecule is O.O.O=C(O)c1ccc(O)cc1[O-].O=C(O)c1ccc(O)cc1[O-].[NH4+].[NH4+]. The van der Waals surface area contributed by atoms with Crippen LogP contribution in [0, 0.1) is 0 Å². The van der Waals surface area contributed by atoms with Crippen molar-refractivity contribution in [3.05, 3.63) is 47.5 Å². The molecule has 0 unspecified atom stereocenters. The average Bonchev–Trinajstić information content (AvgIpc) is 2.38. The molecular weight excluding hydrogens is 356 g/mol. The summed E-state index contributed by atoms with van der Waals surface area (Å²) in [7, 11) is 0. The second kappa shape index (κ2) is 12.8. The molecule has 2 aromatic rings. The standard InChI is InChI=1S/2C7H6O4.2H3N.2H2O/c2*8-4-1-2-5(7(10)11)6(9)3-4;;;;/h2*1-3,8-9H,(H,10,11);2*1H3;2*1H2. The monoisotopic (exact) mass is 378 g/mol. The quantitative estimate of drug-likeness (QED) is 0.392. The lowest BCUT2D eigenvalue weighted by Gasteiger charge is -2.08. The van der Waals surface area contributed by atoms with Crippen molar-refractivity contribution in [1.82, 2.24) is 12.3 Å². The summed E-state index contributed by atoms with van der Waals surface area (Å²) in [6.45, 7) is 0. The number of aromatic carboxylic acids is 2. The predicted octanol–water partition coefficient (Wildman–Crippen LogP) is -0.569. The van der Waals surface area contributed by atoms with Crippen LogP contribution in [0.2, 0.25) is 0 Å². The second-order valence-electron chi connectivity index (χ2n) is 3.97. The van der Waals surface area contributed by atoms with Crippen molar-refractivity contribution in [2.24, 2.45) is 0 Å². The van der Waals surface area contributed by atoms with Gasteiger partial charge in [0.25, 0.3) is 0 Å². The van der Waals surface area contributed by atoms with E-state index in [1.54, 1.807) is 0 Å². The summed E-state index contributed by atoms with van der Waals surface area (Å²) in [5.74, 6) is -4.37. The van der Waals surface area contributed by atoms with Crippen LogP contribution in [0.25, 0.3) is 0 Å². The molecule has 0 saturated carbocycles. The molecule has 0 aromatic heterocycles. The van der Waals surface area contributed by atoms with Gasteiger partial charge in [0.05, 0.1) is 11.1 Å². The first kappa shape index (κ1) is 30.3. The van der Waals surface area contributed by atoms with E-state index in [0.717, 1.165) is 36.4 Å². The highest BCUT2D eigenvalue weighted by molar-refractivity contribution is 5.91. The number of carboxylic acids is 2. The zero-order valence-corrected chi connectivity index (χ0v) is 13.9. The lowest BCUT2D eigenvalue weighted by Crippen LogP contribution is -2.02. The highest BCUT2D eigenvalue weighted by atomic mass is 16.4. The summed E-state index contributed by atoms with van der Waals surface area (Å²) in [5, 5.41) is 55.7. The number of aromatic hydroxyl groups is 2. The molecule has 2 rings (SSSR count). The number of carboxylic acid groups (broad SMARTS) is 2. The lowest BCUT2D eigenvalue weighted by atomic mass is 10.2. The van der Waals surface area contributed by atoms with Gasteiger partial charge in [-0.1, -0.05) is 11.5 Å². The lowest BCUT2D eigenvalue weighted by molar-refractivity contribution is -0.269. The average molecular weight is 378 g/mol. The Bertz CT molecular complexity index is 659. The molecule has 26 heavy (non-hydrogen) atoms. The van der Waals surface area contributed by atoms with E-state index in [1.165, 1.54) is 0 Å². The summed E-state index contributed by atoms with van der Waals surface area (Å²) in [5.41, 5.74) is -0.661. The molecule has 0 spiro atoms. The number of hydrogen-bond acceptors (Lipinski definition) is 6. The van der Waals surface area contributed by atoms with E-state index in [2.05, 4.69) is 0 Å². The third kappa shape index (κ3) is 8.32. The van der Waals surface area contributed by atoms with Crippen LogP contribution in [0.5, 0.6) is 23.0 Å². The first-order valence-corrected chi connectivity index (χ1v) is 5.69. The van der Waals surface area contributed by atoms with Gasteiger partial charge >= 0.3 is 11.9 Å². The van der Waals surface area contributed by atoms with Gasteiger partial charge in [-0.3, -0.25) is 0 Å². The van der Waals surface area contributed by atoms with Gasteiger partial charge in [0, 0.05) is 0 Å². The van der Waals surface area contributed by atoms with Crippen molar-refractivity contribution in [1.29, 1.82) is 0 Å². The first-order chi connectivity index (χ1) is 10.2. The van der Waals surface area contributed by atoms with Crippen LogP contribution < -0.4 is 22.5 Å². The zero-order valence-electron chi connectivity index (χ0n) is 13.9. The smallest absolute Gasteiger partial charge is 0.335 e. The minimum Gasteiger partial charge on any atom is -0.872 e. The van der Waals surface area contributed by atoms with Crippen LogP contribution in [-0.2, 0) is 0 Å². The molecule has 0 saturated heterocycles. The van der Waals surface area contributed by atoms with E-state index in [-0.39, 0.29) is 45.9 Å². The number of phenolic OH excluding ortho intramolecular Hbond substituents is 2. The van der Waals surface area contributed by atoms with Gasteiger partial charge in [0.15, 0.2) is 0 Å². The summed E-state index contributed by atoms with van der Waals surface area (Å²) in [4.78, 5) is 20.5. The zero-order chi connectivity index (χ0) is 16.9. The van der Waals surface area contributed by atoms with Crippen LogP contribution in [0.1, 0.15) is 20.7 Å². The number of rotatable bonds is 2. The number of quaternary nitrogens is 2. The fourth-order valence-corrected chi connectivity index (χ4v) is 1.38. The molecular formula is C14H22N2O10. The fourth-order valence-electron chi connectivity index (χ4n) is 1.38. The van der Waals surface area contributed by atoms with Gasteiger partial charge in [0.1, 0.15) is 11.5 Å². The second-order valence-corrected chi connectivity index (χ2v) is 3.97. The fraction of sp³-hybridized carbons (Fsp3) is 0. The van der Waals surface area contributed by atoms with E-state index in [4.69, 9.17) is 20.4 Å². The Morgan fingerprint density at radius 2 is 0.962 bits per heavy atom. The largest absolute Gasteiger partial charge is 0.872 e. The molecule has 0 bridgehead atoms. The minimum absolute atomic E-state index is 0. The third-order valence-corrected chi connectivity index (χ3v) is 2.39. The van der Waals surface area contributed by atoms with Crippen molar-refractivity contribution in [2.75, 3.05) is 0 Å². The van der Waals surface area contributed by atoms with Crippen LogP contribution >= 0.6 is 0 Å². The predicted molar refractivity (Wildman–Crippen MR) is 88.2 cm³/mol. The van der Waals surface area contributed by atoms with Gasteiger partial charge in [-0.05, 0) is 36.4 Å². The first-order valence-electron chi connectivity index (χ1n) is 5.69. The van der Waals surface area contributed by atoms with Gasteiger partial charge < -0.3 is 53.9 Å². The molecule has 0 radical (unpaired) electrons. The molecule has 0 fully saturated rings. The van der Waals surface area contributed by atoms with E-state index < -0.39 is 23.4 Å². The van der Waals surface area contributed by atoms with Gasteiger partial charge in [-0.15, -0.1) is 0 Å². The summed E-state index contributed by atoms with van der Waals surface area (Å²) in [6.07, 6.45) is 0. The van der Waals surface area contributed by atoms with Crippen molar-refractivity contribution >= 4 is 11.9 Å². The Balaban J connectivity index is -0.000000161. The maximum absolute atomic E-state index is 10.7. The van der Waals surface area contributed by atoms with Crippen molar-refractivity contribution in [2.45, 2.75) is 0 Å². The van der Waals surface area contributed by atoms with Crippen molar-refractivity contribution in [3.8, 4) is 23.0 Å². The van der Waals surface area contributed by atoms with Crippen molar-refractivity contribution in [3.63, 3.8) is 0 Å². The molecule has 12 heteroatoms. The van der Waals surface area contributed by atoms with E-state index >= 15 is 0 Å². The number of benzene rings is 2. The maximum atomic E-state index is 10.7.